The van der Waals surface area contributed by atoms with Crippen LogP contribution in [0.2, 0.25) is 0 Å². The number of nitrogens with zero attached hydrogens (tertiary/aromatic N) is 4. The molecule has 9 nitrogen and oxygen atoms in total. The number of carbonyl (C=O) groups excluding carboxylic acids is 1. The van der Waals surface area contributed by atoms with Crippen molar-refractivity contribution in [3.8, 4) is 0 Å². The van der Waals surface area contributed by atoms with Crippen LogP contribution in [0.15, 0.2) is 35.1 Å². The first kappa shape index (κ1) is 22.7. The van der Waals surface area contributed by atoms with Crippen LogP contribution < -0.4 is 5.32 Å². The lowest BCUT2D eigenvalue weighted by atomic mass is 10.2. The van der Waals surface area contributed by atoms with E-state index in [2.05, 4.69) is 26.3 Å². The molecule has 0 aliphatic carbocycles. The molecule has 1 aromatic carbocycles. The minimum absolute atomic E-state index is 0.0829. The summed E-state index contributed by atoms with van der Waals surface area (Å²) in [6.07, 6.45) is 2.09. The van der Waals surface area contributed by atoms with Gasteiger partial charge in [0.1, 0.15) is 18.0 Å². The average Bonchev–Trinajstić information content (AvgIpc) is 3.08. The molecule has 1 amide bonds. The van der Waals surface area contributed by atoms with Gasteiger partial charge in [-0.1, -0.05) is 22.0 Å². The summed E-state index contributed by atoms with van der Waals surface area (Å²) in [7, 11) is 0. The molecule has 0 saturated carbocycles. The number of nitro groups is 1. The highest BCUT2D eigenvalue weighted by molar-refractivity contribution is 9.10. The second-order valence-electron chi connectivity index (χ2n) is 7.58. The molecule has 1 heterocycles. The maximum absolute atomic E-state index is 12.6. The Morgan fingerprint density at radius 1 is 1.38 bits per heavy atom. The number of aryl methyl sites for hydroxylation is 1. The molecule has 0 unspecified atom stereocenters. The van der Waals surface area contributed by atoms with Crippen molar-refractivity contribution in [2.24, 2.45) is 0 Å². The van der Waals surface area contributed by atoms with Gasteiger partial charge in [-0.05, 0) is 45.4 Å². The normalized spacial score (nSPS) is 11.2. The van der Waals surface area contributed by atoms with Crippen LogP contribution in [-0.2, 0) is 11.3 Å². The Kier molecular flexibility index (Phi) is 7.60. The lowest BCUT2D eigenvalue weighted by Gasteiger charge is -2.27. The second kappa shape index (κ2) is 9.73. The number of ether oxygens (including phenoxy) is 1. The number of rotatable bonds is 8. The lowest BCUT2D eigenvalue weighted by molar-refractivity contribution is -0.385. The molecule has 0 atom stereocenters. The third-order valence-electron chi connectivity index (χ3n) is 3.96. The zero-order valence-corrected chi connectivity index (χ0v) is 18.6. The number of carbonyl (C=O) groups is 1. The summed E-state index contributed by atoms with van der Waals surface area (Å²) in [6.45, 7) is 9.00. The third-order valence-corrected chi connectivity index (χ3v) is 4.82. The summed E-state index contributed by atoms with van der Waals surface area (Å²) in [5.74, 6) is 0. The summed E-state index contributed by atoms with van der Waals surface area (Å²) >= 11 is 3.50. The number of anilines is 1. The molecule has 0 saturated heterocycles. The maximum atomic E-state index is 12.6. The zero-order valence-electron chi connectivity index (χ0n) is 17.0. The van der Waals surface area contributed by atoms with Crippen LogP contribution in [0, 0.1) is 17.0 Å². The molecule has 0 aliphatic rings. The first-order valence-corrected chi connectivity index (χ1v) is 9.99. The Balaban J connectivity index is 1.98. The van der Waals surface area contributed by atoms with Crippen molar-refractivity contribution >= 4 is 33.4 Å². The standard InChI is InChI=1S/C19H26BrN5O4/c1-14-5-6-15(11-17(14)20)21-7-8-23(18(26)29-19(2,3)4)9-10-24-13-16(12-22-24)25(27)28/h5-6,11-13,21H,7-10H2,1-4H3. The fourth-order valence-electron chi connectivity index (χ4n) is 2.45. The topological polar surface area (TPSA) is 103 Å². The zero-order chi connectivity index (χ0) is 21.6. The van der Waals surface area contributed by atoms with Crippen LogP contribution in [-0.4, -0.2) is 50.9 Å². The van der Waals surface area contributed by atoms with Gasteiger partial charge >= 0.3 is 11.8 Å². The van der Waals surface area contributed by atoms with Crippen LogP contribution in [0.4, 0.5) is 16.2 Å². The fraction of sp³-hybridized carbons (Fsp3) is 0.474. The quantitative estimate of drug-likeness (QED) is 0.460. The van der Waals surface area contributed by atoms with E-state index in [1.54, 1.807) is 4.90 Å². The van der Waals surface area contributed by atoms with E-state index in [-0.39, 0.29) is 5.69 Å². The molecule has 158 valence electrons. The van der Waals surface area contributed by atoms with Gasteiger partial charge in [-0.15, -0.1) is 0 Å². The molecule has 0 spiro atoms. The monoisotopic (exact) mass is 467 g/mol. The van der Waals surface area contributed by atoms with Gasteiger partial charge in [-0.3, -0.25) is 14.8 Å². The number of benzene rings is 1. The third kappa shape index (κ3) is 7.37. The lowest BCUT2D eigenvalue weighted by Crippen LogP contribution is -2.41. The van der Waals surface area contributed by atoms with Crippen LogP contribution in [0.1, 0.15) is 26.3 Å². The number of nitrogens with one attached hydrogen (secondary N) is 1. The van der Waals surface area contributed by atoms with E-state index >= 15 is 0 Å². The van der Waals surface area contributed by atoms with Gasteiger partial charge in [0, 0.05) is 29.8 Å². The minimum Gasteiger partial charge on any atom is -0.444 e. The Hall–Kier alpha value is -2.62. The molecule has 0 aliphatic heterocycles. The molecule has 10 heteroatoms. The number of hydrogen-bond donors (Lipinski definition) is 1. The summed E-state index contributed by atoms with van der Waals surface area (Å²) in [6, 6.07) is 5.96. The predicted octanol–water partition coefficient (Wildman–Crippen LogP) is 4.21. The first-order chi connectivity index (χ1) is 13.5. The molecule has 29 heavy (non-hydrogen) atoms. The Morgan fingerprint density at radius 2 is 2.10 bits per heavy atom. The fourth-order valence-corrected chi connectivity index (χ4v) is 2.83. The van der Waals surface area contributed by atoms with Gasteiger partial charge in [0.05, 0.1) is 11.5 Å². The number of halogens is 1. The Morgan fingerprint density at radius 3 is 2.69 bits per heavy atom. The van der Waals surface area contributed by atoms with Crippen molar-refractivity contribution < 1.29 is 14.5 Å². The number of aromatic nitrogens is 2. The van der Waals surface area contributed by atoms with Gasteiger partial charge in [0.25, 0.3) is 0 Å². The van der Waals surface area contributed by atoms with Gasteiger partial charge < -0.3 is 15.0 Å². The highest BCUT2D eigenvalue weighted by Crippen LogP contribution is 2.20. The van der Waals surface area contributed by atoms with Crippen LogP contribution in [0.3, 0.4) is 0 Å². The molecule has 0 bridgehead atoms. The van der Waals surface area contributed by atoms with E-state index in [4.69, 9.17) is 4.74 Å². The SMILES string of the molecule is Cc1ccc(NCCN(CCn2cc([N+](=O)[O-])cn2)C(=O)OC(C)(C)C)cc1Br. The Labute approximate surface area is 178 Å². The van der Waals surface area contributed by atoms with Gasteiger partial charge in [-0.25, -0.2) is 4.79 Å². The highest BCUT2D eigenvalue weighted by Gasteiger charge is 2.22. The summed E-state index contributed by atoms with van der Waals surface area (Å²) in [5.41, 5.74) is 1.38. The van der Waals surface area contributed by atoms with E-state index < -0.39 is 16.6 Å². The molecule has 1 aromatic heterocycles. The van der Waals surface area contributed by atoms with Crippen molar-refractivity contribution in [1.29, 1.82) is 0 Å². The maximum Gasteiger partial charge on any atom is 0.410 e. The molecule has 0 radical (unpaired) electrons. The smallest absolute Gasteiger partial charge is 0.410 e. The molecule has 1 N–H and O–H groups in total. The molecule has 2 aromatic rings. The average molecular weight is 468 g/mol. The largest absolute Gasteiger partial charge is 0.444 e. The molecule has 2 rings (SSSR count). The van der Waals surface area contributed by atoms with Crippen LogP contribution in [0.5, 0.6) is 0 Å². The van der Waals surface area contributed by atoms with E-state index in [9.17, 15) is 14.9 Å². The van der Waals surface area contributed by atoms with Crippen LogP contribution in [0.25, 0.3) is 0 Å². The van der Waals surface area contributed by atoms with Crippen molar-refractivity contribution in [1.82, 2.24) is 14.7 Å². The Bertz CT molecular complexity index is 863. The highest BCUT2D eigenvalue weighted by atomic mass is 79.9. The first-order valence-electron chi connectivity index (χ1n) is 9.20. The van der Waals surface area contributed by atoms with E-state index in [0.29, 0.717) is 26.2 Å². The molecule has 0 fully saturated rings. The summed E-state index contributed by atoms with van der Waals surface area (Å²) in [5, 5.41) is 18.0. The summed E-state index contributed by atoms with van der Waals surface area (Å²) in [4.78, 5) is 24.4. The molecular weight excluding hydrogens is 442 g/mol. The number of amides is 1. The van der Waals surface area contributed by atoms with Crippen molar-refractivity contribution in [3.63, 3.8) is 0 Å². The molecular formula is C19H26BrN5O4. The van der Waals surface area contributed by atoms with Crippen molar-refractivity contribution in [2.45, 2.75) is 39.8 Å². The van der Waals surface area contributed by atoms with Gasteiger partial charge in [0.2, 0.25) is 0 Å². The van der Waals surface area contributed by atoms with E-state index in [1.165, 1.54) is 17.1 Å². The summed E-state index contributed by atoms with van der Waals surface area (Å²) < 4.78 is 7.93. The van der Waals surface area contributed by atoms with Crippen molar-refractivity contribution in [2.75, 3.05) is 25.0 Å². The van der Waals surface area contributed by atoms with Gasteiger partial charge in [0.15, 0.2) is 0 Å². The van der Waals surface area contributed by atoms with Crippen molar-refractivity contribution in [3.05, 3.63) is 50.7 Å². The van der Waals surface area contributed by atoms with Crippen LogP contribution >= 0.6 is 15.9 Å². The number of hydrogen-bond acceptors (Lipinski definition) is 6. The van der Waals surface area contributed by atoms with E-state index in [0.717, 1.165) is 15.7 Å². The predicted molar refractivity (Wildman–Crippen MR) is 114 cm³/mol. The minimum atomic E-state index is -0.616. The second-order valence-corrected chi connectivity index (χ2v) is 8.43. The van der Waals surface area contributed by atoms with Gasteiger partial charge in [-0.2, -0.15) is 5.10 Å². The van der Waals surface area contributed by atoms with E-state index in [1.807, 2.05) is 45.9 Å².